The second-order valence-corrected chi connectivity index (χ2v) is 5.17. The number of carboxylic acid groups (broad SMARTS) is 1. The van der Waals surface area contributed by atoms with Crippen LogP contribution in [-0.2, 0) is 11.2 Å². The summed E-state index contributed by atoms with van der Waals surface area (Å²) in [6.45, 7) is 0. The van der Waals surface area contributed by atoms with E-state index < -0.39 is 17.8 Å². The Labute approximate surface area is 124 Å². The van der Waals surface area contributed by atoms with Crippen LogP contribution in [0.4, 0.5) is 4.39 Å². The number of H-pyrrole nitrogens is 1. The molecule has 1 atom stereocenters. The number of carbonyl (C=O) groups is 1. The zero-order valence-corrected chi connectivity index (χ0v) is 11.5. The Bertz CT molecular complexity index is 949. The molecule has 2 aromatic carbocycles. The zero-order valence-electron chi connectivity index (χ0n) is 11.5. The first-order valence-electron chi connectivity index (χ1n) is 6.68. The van der Waals surface area contributed by atoms with E-state index in [2.05, 4.69) is 4.98 Å². The van der Waals surface area contributed by atoms with Crippen LogP contribution in [0.25, 0.3) is 21.8 Å². The number of aromatic nitrogens is 1. The zero-order chi connectivity index (χ0) is 15.9. The van der Waals surface area contributed by atoms with Gasteiger partial charge in [-0.05, 0) is 42.3 Å². The molecule has 6 heteroatoms. The molecule has 3 rings (SSSR count). The first kappa shape index (κ1) is 14.2. The Morgan fingerprint density at radius 3 is 2.50 bits per heavy atom. The fraction of sp³-hybridized carbons (Fsp3) is 0.125. The van der Waals surface area contributed by atoms with Crippen LogP contribution in [0.15, 0.2) is 41.2 Å². The van der Waals surface area contributed by atoms with Gasteiger partial charge in [0.15, 0.2) is 5.43 Å². The molecule has 1 unspecified atom stereocenters. The molecule has 4 N–H and O–H groups in total. The van der Waals surface area contributed by atoms with Crippen LogP contribution in [0.1, 0.15) is 5.56 Å². The maximum Gasteiger partial charge on any atom is 0.320 e. The molecule has 0 fully saturated rings. The number of nitrogens with one attached hydrogen (secondary N) is 1. The lowest BCUT2D eigenvalue weighted by Gasteiger charge is -2.08. The summed E-state index contributed by atoms with van der Waals surface area (Å²) < 4.78 is 13.3. The molecule has 1 heterocycles. The molecule has 0 saturated heterocycles. The maximum absolute atomic E-state index is 13.3. The molecule has 3 aromatic rings. The van der Waals surface area contributed by atoms with Gasteiger partial charge in [-0.25, -0.2) is 4.39 Å². The predicted octanol–water partition coefficient (Wildman–Crippen LogP) is 1.77. The molecule has 0 bridgehead atoms. The summed E-state index contributed by atoms with van der Waals surface area (Å²) in [5.74, 6) is -1.59. The number of rotatable bonds is 3. The van der Waals surface area contributed by atoms with Crippen molar-refractivity contribution >= 4 is 27.8 Å². The van der Waals surface area contributed by atoms with Crippen molar-refractivity contribution in [2.75, 3.05) is 0 Å². The van der Waals surface area contributed by atoms with Crippen molar-refractivity contribution in [2.45, 2.75) is 12.5 Å². The third-order valence-electron chi connectivity index (χ3n) is 3.60. The number of pyridine rings is 1. The number of aromatic amines is 1. The largest absolute Gasteiger partial charge is 0.480 e. The minimum atomic E-state index is -1.10. The molecule has 5 nitrogen and oxygen atoms in total. The normalized spacial score (nSPS) is 12.6. The summed E-state index contributed by atoms with van der Waals surface area (Å²) >= 11 is 0. The van der Waals surface area contributed by atoms with E-state index in [4.69, 9.17) is 10.8 Å². The van der Waals surface area contributed by atoms with Gasteiger partial charge in [-0.15, -0.1) is 0 Å². The number of halogens is 1. The summed E-state index contributed by atoms with van der Waals surface area (Å²) in [7, 11) is 0. The molecule has 0 aliphatic rings. The monoisotopic (exact) mass is 300 g/mol. The van der Waals surface area contributed by atoms with E-state index in [1.807, 2.05) is 0 Å². The van der Waals surface area contributed by atoms with Gasteiger partial charge in [0, 0.05) is 21.8 Å². The lowest BCUT2D eigenvalue weighted by atomic mass is 10.0. The van der Waals surface area contributed by atoms with E-state index in [-0.39, 0.29) is 17.2 Å². The molecule has 0 radical (unpaired) electrons. The molecule has 112 valence electrons. The lowest BCUT2D eigenvalue weighted by molar-refractivity contribution is -0.138. The van der Waals surface area contributed by atoms with Crippen LogP contribution in [0.5, 0.6) is 0 Å². The van der Waals surface area contributed by atoms with Crippen LogP contribution >= 0.6 is 0 Å². The fourth-order valence-electron chi connectivity index (χ4n) is 2.46. The summed E-state index contributed by atoms with van der Waals surface area (Å²) in [6, 6.07) is 7.96. The Kier molecular flexibility index (Phi) is 3.38. The highest BCUT2D eigenvalue weighted by Gasteiger charge is 2.13. The van der Waals surface area contributed by atoms with Gasteiger partial charge >= 0.3 is 5.97 Å². The average Bonchev–Trinajstić information content (AvgIpc) is 2.49. The van der Waals surface area contributed by atoms with E-state index in [1.54, 1.807) is 18.2 Å². The highest BCUT2D eigenvalue weighted by molar-refractivity contribution is 5.92. The van der Waals surface area contributed by atoms with Gasteiger partial charge < -0.3 is 15.8 Å². The van der Waals surface area contributed by atoms with Gasteiger partial charge in [-0.3, -0.25) is 9.59 Å². The number of carboxylic acids is 1. The van der Waals surface area contributed by atoms with Crippen molar-refractivity contribution in [1.82, 2.24) is 4.98 Å². The van der Waals surface area contributed by atoms with Crippen LogP contribution in [-0.4, -0.2) is 22.1 Å². The van der Waals surface area contributed by atoms with Gasteiger partial charge in [0.05, 0.1) is 0 Å². The first-order valence-corrected chi connectivity index (χ1v) is 6.68. The van der Waals surface area contributed by atoms with Gasteiger partial charge in [0.1, 0.15) is 11.9 Å². The predicted molar refractivity (Wildman–Crippen MR) is 81.3 cm³/mol. The van der Waals surface area contributed by atoms with Crippen LogP contribution in [0.3, 0.4) is 0 Å². The number of hydrogen-bond acceptors (Lipinski definition) is 3. The third kappa shape index (κ3) is 2.44. The van der Waals surface area contributed by atoms with Gasteiger partial charge in [-0.2, -0.15) is 0 Å². The Morgan fingerprint density at radius 1 is 1.18 bits per heavy atom. The second kappa shape index (κ2) is 5.23. The molecule has 1 aromatic heterocycles. The van der Waals surface area contributed by atoms with Crippen molar-refractivity contribution in [3.8, 4) is 0 Å². The maximum atomic E-state index is 13.3. The van der Waals surface area contributed by atoms with Crippen molar-refractivity contribution in [3.05, 3.63) is 58.0 Å². The highest BCUT2D eigenvalue weighted by atomic mass is 19.1. The Hall–Kier alpha value is -2.73. The number of fused-ring (bicyclic) bond motifs is 2. The summed E-state index contributed by atoms with van der Waals surface area (Å²) in [4.78, 5) is 26.4. The van der Waals surface area contributed by atoms with Crippen LogP contribution in [0.2, 0.25) is 0 Å². The van der Waals surface area contributed by atoms with Crippen molar-refractivity contribution < 1.29 is 14.3 Å². The fourth-order valence-corrected chi connectivity index (χ4v) is 2.46. The molecule has 0 aliphatic heterocycles. The molecule has 0 amide bonds. The molecule has 22 heavy (non-hydrogen) atoms. The molecule has 0 spiro atoms. The van der Waals surface area contributed by atoms with E-state index in [9.17, 15) is 14.0 Å². The summed E-state index contributed by atoms with van der Waals surface area (Å²) in [5.41, 5.74) is 7.01. The summed E-state index contributed by atoms with van der Waals surface area (Å²) in [6.07, 6.45) is 0.117. The smallest absolute Gasteiger partial charge is 0.320 e. The second-order valence-electron chi connectivity index (χ2n) is 5.17. The number of nitrogens with two attached hydrogens (primary N) is 1. The third-order valence-corrected chi connectivity index (χ3v) is 3.60. The Morgan fingerprint density at radius 2 is 1.82 bits per heavy atom. The molecular weight excluding hydrogens is 287 g/mol. The minimum Gasteiger partial charge on any atom is -0.480 e. The van der Waals surface area contributed by atoms with E-state index in [0.29, 0.717) is 22.0 Å². The first-order chi connectivity index (χ1) is 10.5. The van der Waals surface area contributed by atoms with E-state index in [0.717, 1.165) is 0 Å². The Balaban J connectivity index is 2.19. The molecular formula is C16H13FN2O3. The standard InChI is InChI=1S/C16H13FN2O3/c17-9-2-4-14-11(7-9)15(20)10-5-8(1-3-13(10)19-14)6-12(18)16(21)22/h1-5,7,12H,6,18H2,(H,19,20)(H,21,22). The summed E-state index contributed by atoms with van der Waals surface area (Å²) in [5, 5.41) is 9.49. The number of hydrogen-bond donors (Lipinski definition) is 3. The molecule has 0 saturated carbocycles. The van der Waals surface area contributed by atoms with Crippen molar-refractivity contribution in [2.24, 2.45) is 5.73 Å². The van der Waals surface area contributed by atoms with E-state index in [1.165, 1.54) is 18.2 Å². The highest BCUT2D eigenvalue weighted by Crippen LogP contribution is 2.17. The van der Waals surface area contributed by atoms with Gasteiger partial charge in [0.2, 0.25) is 0 Å². The van der Waals surface area contributed by atoms with Gasteiger partial charge in [0.25, 0.3) is 0 Å². The van der Waals surface area contributed by atoms with E-state index >= 15 is 0 Å². The number of benzene rings is 2. The topological polar surface area (TPSA) is 96.2 Å². The molecule has 0 aliphatic carbocycles. The van der Waals surface area contributed by atoms with Gasteiger partial charge in [-0.1, -0.05) is 6.07 Å². The van der Waals surface area contributed by atoms with Crippen LogP contribution < -0.4 is 11.2 Å². The van der Waals surface area contributed by atoms with Crippen LogP contribution in [0, 0.1) is 5.82 Å². The van der Waals surface area contributed by atoms with Crippen molar-refractivity contribution in [3.63, 3.8) is 0 Å². The average molecular weight is 300 g/mol. The lowest BCUT2D eigenvalue weighted by Crippen LogP contribution is -2.32. The minimum absolute atomic E-state index is 0.117. The van der Waals surface area contributed by atoms with Crippen molar-refractivity contribution in [1.29, 1.82) is 0 Å². The number of aliphatic carboxylic acids is 1. The quantitative estimate of drug-likeness (QED) is 0.642. The SMILES string of the molecule is NC(Cc1ccc2[nH]c3ccc(F)cc3c(=O)c2c1)C(=O)O.